The van der Waals surface area contributed by atoms with Crippen molar-refractivity contribution < 1.29 is 9.53 Å². The second kappa shape index (κ2) is 6.83. The highest BCUT2D eigenvalue weighted by Crippen LogP contribution is 2.32. The summed E-state index contributed by atoms with van der Waals surface area (Å²) in [7, 11) is 0. The Morgan fingerprint density at radius 2 is 1.79 bits per heavy atom. The Kier molecular flexibility index (Phi) is 4.16. The highest BCUT2D eigenvalue weighted by Gasteiger charge is 2.30. The SMILES string of the molecule is Cc1ccc(N2Cc3c(COc4ccc5c(c4)CCC5)cccc3C2=O)cc1. The van der Waals surface area contributed by atoms with Gasteiger partial charge in [-0.2, -0.15) is 0 Å². The Morgan fingerprint density at radius 3 is 2.64 bits per heavy atom. The molecule has 0 saturated heterocycles. The van der Waals surface area contributed by atoms with Gasteiger partial charge < -0.3 is 9.64 Å². The zero-order chi connectivity index (χ0) is 19.1. The molecule has 0 spiro atoms. The molecule has 0 saturated carbocycles. The number of benzene rings is 3. The summed E-state index contributed by atoms with van der Waals surface area (Å²) < 4.78 is 6.10. The number of amides is 1. The fourth-order valence-electron chi connectivity index (χ4n) is 4.26. The first-order valence-electron chi connectivity index (χ1n) is 9.93. The molecule has 0 N–H and O–H groups in total. The largest absolute Gasteiger partial charge is 0.489 e. The number of carbonyl (C=O) groups excluding carboxylic acids is 1. The number of nitrogens with zero attached hydrogens (tertiary/aromatic N) is 1. The quantitative estimate of drug-likeness (QED) is 0.631. The molecule has 3 aromatic carbocycles. The van der Waals surface area contributed by atoms with Crippen molar-refractivity contribution >= 4 is 11.6 Å². The van der Waals surface area contributed by atoms with E-state index < -0.39 is 0 Å². The topological polar surface area (TPSA) is 29.5 Å². The Balaban J connectivity index is 1.37. The molecule has 1 aliphatic carbocycles. The molecular weight excluding hydrogens is 346 g/mol. The van der Waals surface area contributed by atoms with Crippen LogP contribution in [-0.4, -0.2) is 5.91 Å². The lowest BCUT2D eigenvalue weighted by Crippen LogP contribution is -2.22. The van der Waals surface area contributed by atoms with Crippen LogP contribution in [0.3, 0.4) is 0 Å². The summed E-state index contributed by atoms with van der Waals surface area (Å²) in [5.74, 6) is 0.983. The van der Waals surface area contributed by atoms with Gasteiger partial charge in [0.1, 0.15) is 12.4 Å². The predicted octanol–water partition coefficient (Wildman–Crippen LogP) is 5.22. The van der Waals surface area contributed by atoms with E-state index in [0.29, 0.717) is 13.2 Å². The third-order valence-corrected chi connectivity index (χ3v) is 5.87. The fraction of sp³-hybridized carbons (Fsp3) is 0.240. The molecule has 0 unspecified atom stereocenters. The molecule has 0 fully saturated rings. The van der Waals surface area contributed by atoms with Gasteiger partial charge in [0.05, 0.1) is 6.54 Å². The lowest BCUT2D eigenvalue weighted by Gasteiger charge is -2.16. The molecule has 0 bridgehead atoms. The summed E-state index contributed by atoms with van der Waals surface area (Å²) in [6.45, 7) is 3.14. The summed E-state index contributed by atoms with van der Waals surface area (Å²) >= 11 is 0. The van der Waals surface area contributed by atoms with E-state index in [9.17, 15) is 4.79 Å². The van der Waals surface area contributed by atoms with Crippen LogP contribution < -0.4 is 9.64 Å². The van der Waals surface area contributed by atoms with Crippen molar-refractivity contribution in [3.05, 3.63) is 94.0 Å². The van der Waals surface area contributed by atoms with Gasteiger partial charge >= 0.3 is 0 Å². The zero-order valence-corrected chi connectivity index (χ0v) is 16.1. The van der Waals surface area contributed by atoms with E-state index in [1.165, 1.54) is 29.5 Å². The van der Waals surface area contributed by atoms with Crippen molar-refractivity contribution in [1.82, 2.24) is 0 Å². The van der Waals surface area contributed by atoms with Gasteiger partial charge in [-0.25, -0.2) is 0 Å². The number of anilines is 1. The molecule has 1 heterocycles. The second-order valence-corrected chi connectivity index (χ2v) is 7.74. The number of hydrogen-bond acceptors (Lipinski definition) is 2. The lowest BCUT2D eigenvalue weighted by molar-refractivity contribution is 0.0996. The monoisotopic (exact) mass is 369 g/mol. The number of fused-ring (bicyclic) bond motifs is 2. The Morgan fingerprint density at radius 1 is 0.964 bits per heavy atom. The van der Waals surface area contributed by atoms with Crippen LogP contribution in [-0.2, 0) is 26.0 Å². The maximum absolute atomic E-state index is 12.9. The highest BCUT2D eigenvalue weighted by molar-refractivity contribution is 6.10. The molecule has 3 heteroatoms. The van der Waals surface area contributed by atoms with Gasteiger partial charge in [0.25, 0.3) is 5.91 Å². The van der Waals surface area contributed by atoms with Crippen molar-refractivity contribution in [2.24, 2.45) is 0 Å². The van der Waals surface area contributed by atoms with Crippen LogP contribution in [0.1, 0.15) is 44.6 Å². The highest BCUT2D eigenvalue weighted by atomic mass is 16.5. The van der Waals surface area contributed by atoms with E-state index in [1.54, 1.807) is 0 Å². The first-order chi connectivity index (χ1) is 13.7. The van der Waals surface area contributed by atoms with Gasteiger partial charge in [-0.1, -0.05) is 35.9 Å². The van der Waals surface area contributed by atoms with E-state index >= 15 is 0 Å². The molecule has 2 aliphatic rings. The minimum Gasteiger partial charge on any atom is -0.489 e. The molecule has 140 valence electrons. The van der Waals surface area contributed by atoms with Gasteiger partial charge in [-0.05, 0) is 78.8 Å². The normalized spacial score (nSPS) is 14.9. The van der Waals surface area contributed by atoms with Crippen molar-refractivity contribution in [1.29, 1.82) is 0 Å². The van der Waals surface area contributed by atoms with E-state index in [0.717, 1.165) is 34.5 Å². The van der Waals surface area contributed by atoms with E-state index in [4.69, 9.17) is 4.74 Å². The maximum atomic E-state index is 12.9. The van der Waals surface area contributed by atoms with Crippen LogP contribution in [0.5, 0.6) is 5.75 Å². The zero-order valence-electron chi connectivity index (χ0n) is 16.1. The number of rotatable bonds is 4. The Labute approximate surface area is 165 Å². The predicted molar refractivity (Wildman–Crippen MR) is 111 cm³/mol. The van der Waals surface area contributed by atoms with Crippen molar-refractivity contribution in [3.63, 3.8) is 0 Å². The molecule has 28 heavy (non-hydrogen) atoms. The average Bonchev–Trinajstić information content (AvgIpc) is 3.31. The van der Waals surface area contributed by atoms with Gasteiger partial charge in [-0.3, -0.25) is 4.79 Å². The van der Waals surface area contributed by atoms with Gasteiger partial charge in [0.15, 0.2) is 0 Å². The second-order valence-electron chi connectivity index (χ2n) is 7.74. The lowest BCUT2D eigenvalue weighted by atomic mass is 10.0. The Hall–Kier alpha value is -3.07. The standard InChI is InChI=1S/C25H23NO2/c1-17-8-11-21(12-9-17)26-15-24-20(6-3-7-23(24)25(26)27)16-28-22-13-10-18-4-2-5-19(18)14-22/h3,6-14H,2,4-5,15-16H2,1H3. The van der Waals surface area contributed by atoms with Crippen molar-refractivity contribution in [2.45, 2.75) is 39.3 Å². The summed E-state index contributed by atoms with van der Waals surface area (Å²) in [5.41, 5.74) is 7.95. The van der Waals surface area contributed by atoms with Gasteiger partial charge in [0.2, 0.25) is 0 Å². The van der Waals surface area contributed by atoms with E-state index in [-0.39, 0.29) is 5.91 Å². The first kappa shape index (κ1) is 17.1. The van der Waals surface area contributed by atoms with Crippen LogP contribution in [0.25, 0.3) is 0 Å². The molecule has 3 aromatic rings. The molecule has 0 aromatic heterocycles. The van der Waals surface area contributed by atoms with Crippen molar-refractivity contribution in [3.8, 4) is 5.75 Å². The minimum atomic E-state index is 0.0678. The smallest absolute Gasteiger partial charge is 0.258 e. The van der Waals surface area contributed by atoms with Gasteiger partial charge in [-0.15, -0.1) is 0 Å². The van der Waals surface area contributed by atoms with E-state index in [1.807, 2.05) is 41.3 Å². The number of ether oxygens (including phenoxy) is 1. The number of hydrogen-bond donors (Lipinski definition) is 0. The average molecular weight is 369 g/mol. The minimum absolute atomic E-state index is 0.0678. The molecule has 1 amide bonds. The summed E-state index contributed by atoms with van der Waals surface area (Å²) in [6.07, 6.45) is 3.56. The van der Waals surface area contributed by atoms with Crippen molar-refractivity contribution in [2.75, 3.05) is 4.90 Å². The molecular formula is C25H23NO2. The summed E-state index contributed by atoms with van der Waals surface area (Å²) in [6, 6.07) is 20.5. The summed E-state index contributed by atoms with van der Waals surface area (Å²) in [5, 5.41) is 0. The molecule has 0 atom stereocenters. The maximum Gasteiger partial charge on any atom is 0.258 e. The number of carbonyl (C=O) groups is 1. The molecule has 1 aliphatic heterocycles. The Bertz CT molecular complexity index is 1050. The van der Waals surface area contributed by atoms with Gasteiger partial charge in [0, 0.05) is 11.3 Å². The van der Waals surface area contributed by atoms with Crippen LogP contribution in [0.15, 0.2) is 60.7 Å². The molecule has 0 radical (unpaired) electrons. The summed E-state index contributed by atoms with van der Waals surface area (Å²) in [4.78, 5) is 14.8. The van der Waals surface area contributed by atoms with Crippen LogP contribution in [0.4, 0.5) is 5.69 Å². The van der Waals surface area contributed by atoms with E-state index in [2.05, 4.69) is 31.2 Å². The number of aryl methyl sites for hydroxylation is 3. The molecule has 3 nitrogen and oxygen atoms in total. The first-order valence-corrected chi connectivity index (χ1v) is 9.93. The van der Waals surface area contributed by atoms with Crippen LogP contribution in [0, 0.1) is 6.92 Å². The third-order valence-electron chi connectivity index (χ3n) is 5.87. The fourth-order valence-corrected chi connectivity index (χ4v) is 4.26. The van der Waals surface area contributed by atoms with Crippen LogP contribution in [0.2, 0.25) is 0 Å². The molecule has 5 rings (SSSR count). The van der Waals surface area contributed by atoms with Crippen LogP contribution >= 0.6 is 0 Å². The third kappa shape index (κ3) is 2.97.